The minimum absolute atomic E-state index is 0.0167. The van der Waals surface area contributed by atoms with Gasteiger partial charge in [-0.3, -0.25) is 4.79 Å². The van der Waals surface area contributed by atoms with E-state index in [1.165, 1.54) is 0 Å². The first-order valence-corrected chi connectivity index (χ1v) is 7.04. The van der Waals surface area contributed by atoms with Crippen LogP contribution in [0, 0.1) is 11.8 Å². The maximum Gasteiger partial charge on any atom is 0.225 e. The third-order valence-electron chi connectivity index (χ3n) is 3.41. The zero-order chi connectivity index (χ0) is 14.8. The van der Waals surface area contributed by atoms with Crippen molar-refractivity contribution < 1.29 is 9.53 Å². The van der Waals surface area contributed by atoms with Crippen molar-refractivity contribution in [3.8, 4) is 0 Å². The van der Waals surface area contributed by atoms with Crippen LogP contribution in [0.15, 0.2) is 24.8 Å². The summed E-state index contributed by atoms with van der Waals surface area (Å²) >= 11 is 0. The molecular formula is C16H29NO2. The number of carbonyl (C=O) groups is 1. The number of methoxy groups -OCH3 is 1. The van der Waals surface area contributed by atoms with E-state index >= 15 is 0 Å². The van der Waals surface area contributed by atoms with Crippen molar-refractivity contribution in [3.63, 3.8) is 0 Å². The zero-order valence-corrected chi connectivity index (χ0v) is 13.0. The maximum absolute atomic E-state index is 12.2. The molecule has 0 fully saturated rings. The fourth-order valence-electron chi connectivity index (χ4n) is 1.96. The first kappa shape index (κ1) is 17.9. The summed E-state index contributed by atoms with van der Waals surface area (Å²) in [5.74, 6) is 0.222. The van der Waals surface area contributed by atoms with Gasteiger partial charge in [0, 0.05) is 13.2 Å². The largest absolute Gasteiger partial charge is 0.381 e. The Balaban J connectivity index is 4.45. The van der Waals surface area contributed by atoms with Crippen LogP contribution in [0.4, 0.5) is 0 Å². The predicted octanol–water partition coefficient (Wildman–Crippen LogP) is 3.32. The summed E-state index contributed by atoms with van der Waals surface area (Å²) in [6.45, 7) is 11.8. The Hall–Kier alpha value is -1.09. The van der Waals surface area contributed by atoms with Gasteiger partial charge in [-0.05, 0) is 25.7 Å². The molecule has 0 bridgehead atoms. The van der Waals surface area contributed by atoms with Gasteiger partial charge in [0.1, 0.15) is 0 Å². The molecule has 0 saturated heterocycles. The van der Waals surface area contributed by atoms with E-state index < -0.39 is 0 Å². The topological polar surface area (TPSA) is 38.3 Å². The Kier molecular flexibility index (Phi) is 9.23. The fourth-order valence-corrected chi connectivity index (χ4v) is 1.96. The van der Waals surface area contributed by atoms with Gasteiger partial charge in [0.05, 0.1) is 12.0 Å². The SMILES string of the molecule is C=CC(NC(=O)C(C)C(CCC=CC)OC)C(C)C. The summed E-state index contributed by atoms with van der Waals surface area (Å²) in [5, 5.41) is 3.02. The van der Waals surface area contributed by atoms with Crippen LogP contribution in [-0.4, -0.2) is 25.2 Å². The van der Waals surface area contributed by atoms with Gasteiger partial charge in [-0.1, -0.05) is 39.0 Å². The Bertz CT molecular complexity index is 297. The third-order valence-corrected chi connectivity index (χ3v) is 3.41. The van der Waals surface area contributed by atoms with E-state index in [1.54, 1.807) is 13.2 Å². The molecule has 0 aliphatic rings. The molecule has 0 aromatic rings. The van der Waals surface area contributed by atoms with Crippen LogP contribution in [0.1, 0.15) is 40.5 Å². The molecule has 3 nitrogen and oxygen atoms in total. The number of rotatable bonds is 9. The highest BCUT2D eigenvalue weighted by Crippen LogP contribution is 2.15. The van der Waals surface area contributed by atoms with Gasteiger partial charge < -0.3 is 10.1 Å². The molecule has 0 aromatic carbocycles. The Labute approximate surface area is 118 Å². The summed E-state index contributed by atoms with van der Waals surface area (Å²) in [4.78, 5) is 12.2. The molecule has 1 N–H and O–H groups in total. The second kappa shape index (κ2) is 9.79. The molecule has 110 valence electrons. The van der Waals surface area contributed by atoms with E-state index in [0.29, 0.717) is 5.92 Å². The molecule has 3 heteroatoms. The zero-order valence-electron chi connectivity index (χ0n) is 13.0. The molecule has 0 aliphatic heterocycles. The second-order valence-corrected chi connectivity index (χ2v) is 5.22. The van der Waals surface area contributed by atoms with E-state index in [9.17, 15) is 4.79 Å². The van der Waals surface area contributed by atoms with Crippen molar-refractivity contribution in [3.05, 3.63) is 24.8 Å². The van der Waals surface area contributed by atoms with E-state index in [-0.39, 0.29) is 24.0 Å². The molecule has 0 aromatic heterocycles. The average molecular weight is 267 g/mol. The lowest BCUT2D eigenvalue weighted by atomic mass is 9.97. The Morgan fingerprint density at radius 2 is 2.00 bits per heavy atom. The van der Waals surface area contributed by atoms with Gasteiger partial charge >= 0.3 is 0 Å². The van der Waals surface area contributed by atoms with Crippen LogP contribution in [0.3, 0.4) is 0 Å². The summed E-state index contributed by atoms with van der Waals surface area (Å²) in [7, 11) is 1.66. The highest BCUT2D eigenvalue weighted by Gasteiger charge is 2.25. The van der Waals surface area contributed by atoms with Gasteiger partial charge in [0.2, 0.25) is 5.91 Å². The maximum atomic E-state index is 12.2. The summed E-state index contributed by atoms with van der Waals surface area (Å²) in [6.07, 6.45) is 7.64. The first-order chi connectivity index (χ1) is 8.97. The smallest absolute Gasteiger partial charge is 0.225 e. The van der Waals surface area contributed by atoms with E-state index in [2.05, 4.69) is 31.8 Å². The van der Waals surface area contributed by atoms with Gasteiger partial charge in [-0.25, -0.2) is 0 Å². The predicted molar refractivity (Wildman–Crippen MR) is 81.0 cm³/mol. The van der Waals surface area contributed by atoms with Crippen molar-refractivity contribution >= 4 is 5.91 Å². The molecule has 3 unspecified atom stereocenters. The molecule has 0 spiro atoms. The van der Waals surface area contributed by atoms with Gasteiger partial charge in [0.15, 0.2) is 0 Å². The standard InChI is InChI=1S/C16H29NO2/c1-7-9-10-11-15(19-6)13(5)16(18)17-14(8-2)12(3)4/h7-9,12-15H,2,10-11H2,1,3-6H3,(H,17,18). The molecule has 3 atom stereocenters. The highest BCUT2D eigenvalue weighted by atomic mass is 16.5. The molecule has 0 aliphatic carbocycles. The summed E-state index contributed by atoms with van der Waals surface area (Å²) < 4.78 is 5.43. The first-order valence-electron chi connectivity index (χ1n) is 7.04. The number of allylic oxidation sites excluding steroid dienone is 2. The minimum Gasteiger partial charge on any atom is -0.381 e. The number of amides is 1. The van der Waals surface area contributed by atoms with Crippen LogP contribution in [0.5, 0.6) is 0 Å². The van der Waals surface area contributed by atoms with E-state index in [4.69, 9.17) is 4.74 Å². The van der Waals surface area contributed by atoms with Gasteiger partial charge in [0.25, 0.3) is 0 Å². The molecule has 0 saturated carbocycles. The Morgan fingerprint density at radius 3 is 2.42 bits per heavy atom. The molecular weight excluding hydrogens is 238 g/mol. The number of hydrogen-bond donors (Lipinski definition) is 1. The summed E-state index contributed by atoms with van der Waals surface area (Å²) in [6, 6.07) is 0.0167. The van der Waals surface area contributed by atoms with Gasteiger partial charge in [-0.15, -0.1) is 6.58 Å². The minimum atomic E-state index is -0.156. The summed E-state index contributed by atoms with van der Waals surface area (Å²) in [5.41, 5.74) is 0. The van der Waals surface area contributed by atoms with Gasteiger partial charge in [-0.2, -0.15) is 0 Å². The number of hydrogen-bond acceptors (Lipinski definition) is 2. The van der Waals surface area contributed by atoms with E-state index in [0.717, 1.165) is 12.8 Å². The number of carbonyl (C=O) groups excluding carboxylic acids is 1. The molecule has 0 rings (SSSR count). The lowest BCUT2D eigenvalue weighted by Gasteiger charge is -2.25. The van der Waals surface area contributed by atoms with Crippen molar-refractivity contribution in [1.82, 2.24) is 5.32 Å². The van der Waals surface area contributed by atoms with E-state index in [1.807, 2.05) is 19.9 Å². The monoisotopic (exact) mass is 267 g/mol. The van der Waals surface area contributed by atoms with Crippen LogP contribution in [0.25, 0.3) is 0 Å². The lowest BCUT2D eigenvalue weighted by Crippen LogP contribution is -2.43. The highest BCUT2D eigenvalue weighted by molar-refractivity contribution is 5.79. The number of nitrogens with one attached hydrogen (secondary N) is 1. The average Bonchev–Trinajstić information content (AvgIpc) is 2.39. The van der Waals surface area contributed by atoms with Crippen molar-refractivity contribution in [2.24, 2.45) is 11.8 Å². The quantitative estimate of drug-likeness (QED) is 0.651. The van der Waals surface area contributed by atoms with Crippen LogP contribution < -0.4 is 5.32 Å². The van der Waals surface area contributed by atoms with Crippen LogP contribution in [0.2, 0.25) is 0 Å². The fraction of sp³-hybridized carbons (Fsp3) is 0.688. The molecule has 0 radical (unpaired) electrons. The lowest BCUT2D eigenvalue weighted by molar-refractivity contribution is -0.129. The Morgan fingerprint density at radius 1 is 1.37 bits per heavy atom. The van der Waals surface area contributed by atoms with Crippen molar-refractivity contribution in [2.75, 3.05) is 7.11 Å². The van der Waals surface area contributed by atoms with Crippen LogP contribution in [-0.2, 0) is 9.53 Å². The number of ether oxygens (including phenoxy) is 1. The van der Waals surface area contributed by atoms with Crippen molar-refractivity contribution in [2.45, 2.75) is 52.7 Å². The molecule has 19 heavy (non-hydrogen) atoms. The third kappa shape index (κ3) is 6.58. The molecule has 1 amide bonds. The molecule has 0 heterocycles. The van der Waals surface area contributed by atoms with Crippen molar-refractivity contribution in [1.29, 1.82) is 0 Å². The van der Waals surface area contributed by atoms with Crippen LogP contribution >= 0.6 is 0 Å². The second-order valence-electron chi connectivity index (χ2n) is 5.22. The normalized spacial score (nSPS) is 16.3.